The van der Waals surface area contributed by atoms with Gasteiger partial charge in [-0.05, 0) is 6.42 Å². The SMILES string of the molecule is CCc1nnc(NCc2cncn2C)s1. The Morgan fingerprint density at radius 2 is 2.33 bits per heavy atom. The molecule has 0 aliphatic rings. The van der Waals surface area contributed by atoms with Crippen LogP contribution >= 0.6 is 11.3 Å². The summed E-state index contributed by atoms with van der Waals surface area (Å²) in [6, 6.07) is 0. The Morgan fingerprint density at radius 3 is 2.93 bits per heavy atom. The first-order valence-corrected chi connectivity index (χ1v) is 5.62. The minimum atomic E-state index is 0.731. The van der Waals surface area contributed by atoms with Crippen LogP contribution in [0.4, 0.5) is 5.13 Å². The molecule has 0 aliphatic heterocycles. The van der Waals surface area contributed by atoms with E-state index in [-0.39, 0.29) is 0 Å². The van der Waals surface area contributed by atoms with Gasteiger partial charge in [-0.2, -0.15) is 0 Å². The number of hydrogen-bond acceptors (Lipinski definition) is 5. The molecule has 0 unspecified atom stereocenters. The van der Waals surface area contributed by atoms with Gasteiger partial charge in [-0.15, -0.1) is 10.2 Å². The van der Waals surface area contributed by atoms with Gasteiger partial charge in [0.05, 0.1) is 18.6 Å². The van der Waals surface area contributed by atoms with Crippen molar-refractivity contribution in [1.82, 2.24) is 19.7 Å². The van der Waals surface area contributed by atoms with Gasteiger partial charge in [0, 0.05) is 13.2 Å². The normalized spacial score (nSPS) is 10.5. The molecule has 0 aliphatic carbocycles. The molecule has 2 rings (SSSR count). The van der Waals surface area contributed by atoms with Gasteiger partial charge in [0.1, 0.15) is 5.01 Å². The maximum absolute atomic E-state index is 4.05. The second kappa shape index (κ2) is 4.39. The second-order valence-electron chi connectivity index (χ2n) is 3.20. The van der Waals surface area contributed by atoms with Gasteiger partial charge in [0.15, 0.2) is 0 Å². The molecule has 0 radical (unpaired) electrons. The maximum atomic E-state index is 4.05. The van der Waals surface area contributed by atoms with Crippen LogP contribution in [0.1, 0.15) is 17.6 Å². The molecule has 2 heterocycles. The van der Waals surface area contributed by atoms with Gasteiger partial charge >= 0.3 is 0 Å². The molecule has 0 spiro atoms. The first-order chi connectivity index (χ1) is 7.29. The zero-order valence-electron chi connectivity index (χ0n) is 8.77. The average Bonchev–Trinajstić information content (AvgIpc) is 2.84. The van der Waals surface area contributed by atoms with E-state index in [0.29, 0.717) is 0 Å². The number of aryl methyl sites for hydroxylation is 2. The van der Waals surface area contributed by atoms with E-state index >= 15 is 0 Å². The van der Waals surface area contributed by atoms with Gasteiger partial charge in [-0.3, -0.25) is 0 Å². The van der Waals surface area contributed by atoms with Crippen LogP contribution in [-0.2, 0) is 20.0 Å². The molecular formula is C9H13N5S. The van der Waals surface area contributed by atoms with Crippen LogP contribution in [-0.4, -0.2) is 19.7 Å². The van der Waals surface area contributed by atoms with Crippen LogP contribution in [0.5, 0.6) is 0 Å². The summed E-state index contributed by atoms with van der Waals surface area (Å²) < 4.78 is 1.98. The predicted octanol–water partition coefficient (Wildman–Crippen LogP) is 1.45. The van der Waals surface area contributed by atoms with Crippen molar-refractivity contribution in [3.05, 3.63) is 23.2 Å². The van der Waals surface area contributed by atoms with Crippen LogP contribution in [0, 0.1) is 0 Å². The number of hydrogen-bond donors (Lipinski definition) is 1. The van der Waals surface area contributed by atoms with Gasteiger partial charge in [0.2, 0.25) is 5.13 Å². The largest absolute Gasteiger partial charge is 0.354 e. The summed E-state index contributed by atoms with van der Waals surface area (Å²) in [5, 5.41) is 13.2. The number of rotatable bonds is 4. The monoisotopic (exact) mass is 223 g/mol. The minimum absolute atomic E-state index is 0.731. The highest BCUT2D eigenvalue weighted by molar-refractivity contribution is 7.15. The van der Waals surface area contributed by atoms with E-state index in [1.807, 2.05) is 17.8 Å². The summed E-state index contributed by atoms with van der Waals surface area (Å²) in [6.07, 6.45) is 4.56. The molecule has 1 N–H and O–H groups in total. The third-order valence-electron chi connectivity index (χ3n) is 2.11. The molecule has 2 aromatic heterocycles. The minimum Gasteiger partial charge on any atom is -0.354 e. The zero-order chi connectivity index (χ0) is 10.7. The van der Waals surface area contributed by atoms with Gasteiger partial charge in [-0.25, -0.2) is 4.98 Å². The Hall–Kier alpha value is -1.43. The van der Waals surface area contributed by atoms with E-state index in [1.54, 1.807) is 17.7 Å². The lowest BCUT2D eigenvalue weighted by atomic mass is 10.5. The molecule has 5 nitrogen and oxygen atoms in total. The van der Waals surface area contributed by atoms with Crippen LogP contribution in [0.3, 0.4) is 0 Å². The van der Waals surface area contributed by atoms with E-state index in [2.05, 4.69) is 27.4 Å². The Balaban J connectivity index is 1.96. The van der Waals surface area contributed by atoms with Crippen molar-refractivity contribution >= 4 is 16.5 Å². The quantitative estimate of drug-likeness (QED) is 0.852. The summed E-state index contributed by atoms with van der Waals surface area (Å²) in [7, 11) is 1.97. The summed E-state index contributed by atoms with van der Waals surface area (Å²) in [5.74, 6) is 0. The molecule has 6 heteroatoms. The highest BCUT2D eigenvalue weighted by Gasteiger charge is 2.03. The molecule has 0 saturated carbocycles. The number of aromatic nitrogens is 4. The van der Waals surface area contributed by atoms with Crippen molar-refractivity contribution in [2.24, 2.45) is 7.05 Å². The molecular weight excluding hydrogens is 210 g/mol. The third-order valence-corrected chi connectivity index (χ3v) is 3.13. The van der Waals surface area contributed by atoms with Crippen LogP contribution < -0.4 is 5.32 Å². The smallest absolute Gasteiger partial charge is 0.205 e. The fourth-order valence-corrected chi connectivity index (χ4v) is 1.86. The van der Waals surface area contributed by atoms with E-state index in [1.165, 1.54) is 0 Å². The molecule has 0 saturated heterocycles. The average molecular weight is 223 g/mol. The van der Waals surface area contributed by atoms with Crippen molar-refractivity contribution < 1.29 is 0 Å². The lowest BCUT2D eigenvalue weighted by Gasteiger charge is -2.01. The number of nitrogens with zero attached hydrogens (tertiary/aromatic N) is 4. The Kier molecular flexibility index (Phi) is 2.96. The summed E-state index contributed by atoms with van der Waals surface area (Å²) in [6.45, 7) is 2.81. The van der Waals surface area contributed by atoms with Crippen LogP contribution in [0.25, 0.3) is 0 Å². The Bertz CT molecular complexity index is 433. The first kappa shape index (κ1) is 10.1. The lowest BCUT2D eigenvalue weighted by Crippen LogP contribution is -2.03. The molecule has 0 fully saturated rings. The highest BCUT2D eigenvalue weighted by Crippen LogP contribution is 2.15. The summed E-state index contributed by atoms with van der Waals surface area (Å²) in [5.41, 5.74) is 1.13. The zero-order valence-corrected chi connectivity index (χ0v) is 9.58. The molecule has 0 atom stereocenters. The predicted molar refractivity (Wildman–Crippen MR) is 59.8 cm³/mol. The van der Waals surface area contributed by atoms with E-state index in [0.717, 1.165) is 28.8 Å². The fraction of sp³-hybridized carbons (Fsp3) is 0.444. The van der Waals surface area contributed by atoms with Gasteiger partial charge in [-0.1, -0.05) is 18.3 Å². The third kappa shape index (κ3) is 2.33. The molecule has 0 bridgehead atoms. The highest BCUT2D eigenvalue weighted by atomic mass is 32.1. The Morgan fingerprint density at radius 1 is 1.47 bits per heavy atom. The van der Waals surface area contributed by atoms with E-state index in [4.69, 9.17) is 0 Å². The second-order valence-corrected chi connectivity index (χ2v) is 4.27. The van der Waals surface area contributed by atoms with Crippen molar-refractivity contribution in [2.45, 2.75) is 19.9 Å². The maximum Gasteiger partial charge on any atom is 0.205 e. The molecule has 2 aromatic rings. The molecule has 80 valence electrons. The van der Waals surface area contributed by atoms with Crippen molar-refractivity contribution in [3.63, 3.8) is 0 Å². The number of imidazole rings is 1. The van der Waals surface area contributed by atoms with E-state index in [9.17, 15) is 0 Å². The number of anilines is 1. The van der Waals surface area contributed by atoms with E-state index < -0.39 is 0 Å². The van der Waals surface area contributed by atoms with Gasteiger partial charge < -0.3 is 9.88 Å². The Labute approximate surface area is 92.2 Å². The molecule has 15 heavy (non-hydrogen) atoms. The molecule has 0 amide bonds. The summed E-state index contributed by atoms with van der Waals surface area (Å²) >= 11 is 1.60. The molecule has 0 aromatic carbocycles. The summed E-state index contributed by atoms with van der Waals surface area (Å²) in [4.78, 5) is 4.05. The first-order valence-electron chi connectivity index (χ1n) is 4.81. The van der Waals surface area contributed by atoms with Crippen molar-refractivity contribution in [1.29, 1.82) is 0 Å². The van der Waals surface area contributed by atoms with Crippen LogP contribution in [0.15, 0.2) is 12.5 Å². The lowest BCUT2D eigenvalue weighted by molar-refractivity contribution is 0.835. The number of nitrogens with one attached hydrogen (secondary N) is 1. The van der Waals surface area contributed by atoms with Crippen molar-refractivity contribution in [3.8, 4) is 0 Å². The standard InChI is InChI=1S/C9H13N5S/c1-3-8-12-13-9(15-8)11-5-7-4-10-6-14(7)2/h4,6H,3,5H2,1-2H3,(H,11,13). The fourth-order valence-electron chi connectivity index (χ4n) is 1.19. The van der Waals surface area contributed by atoms with Crippen LogP contribution in [0.2, 0.25) is 0 Å². The van der Waals surface area contributed by atoms with Crippen molar-refractivity contribution in [2.75, 3.05) is 5.32 Å². The topological polar surface area (TPSA) is 55.6 Å². The van der Waals surface area contributed by atoms with Gasteiger partial charge in [0.25, 0.3) is 0 Å².